The highest BCUT2D eigenvalue weighted by Crippen LogP contribution is 2.21. The number of aryl methyl sites for hydroxylation is 1. The zero-order valence-corrected chi connectivity index (χ0v) is 11.9. The number of carbonyl (C=O) groups excluding carboxylic acids is 1. The van der Waals surface area contributed by atoms with Crippen molar-refractivity contribution >= 4 is 11.7 Å². The number of benzene rings is 1. The van der Waals surface area contributed by atoms with Crippen LogP contribution < -0.4 is 5.32 Å². The fourth-order valence-electron chi connectivity index (χ4n) is 1.76. The Bertz CT molecular complexity index is 612. The van der Waals surface area contributed by atoms with Crippen LogP contribution in [-0.2, 0) is 4.74 Å². The van der Waals surface area contributed by atoms with E-state index in [1.54, 1.807) is 38.1 Å². The lowest BCUT2D eigenvalue weighted by Gasteiger charge is -2.13. The summed E-state index contributed by atoms with van der Waals surface area (Å²) in [5, 5.41) is 19.3. The second kappa shape index (κ2) is 6.85. The maximum atomic E-state index is 12.2. The van der Waals surface area contributed by atoms with Gasteiger partial charge in [0.15, 0.2) is 6.10 Å². The Hall–Kier alpha value is -2.41. The van der Waals surface area contributed by atoms with Gasteiger partial charge < -0.3 is 19.6 Å². The minimum absolute atomic E-state index is 0.0267. The van der Waals surface area contributed by atoms with E-state index < -0.39 is 12.1 Å². The highest BCUT2D eigenvalue weighted by atomic mass is 16.6. The summed E-state index contributed by atoms with van der Waals surface area (Å²) in [7, 11) is 0. The third-order valence-corrected chi connectivity index (χ3v) is 2.75. The van der Waals surface area contributed by atoms with Crippen LogP contribution in [0, 0.1) is 6.92 Å². The van der Waals surface area contributed by atoms with Crippen molar-refractivity contribution in [1.82, 2.24) is 10.2 Å². The molecule has 0 aliphatic carbocycles. The number of para-hydroxylation sites is 1. The predicted molar refractivity (Wildman–Crippen MR) is 74.9 cm³/mol. The van der Waals surface area contributed by atoms with Crippen LogP contribution in [0.5, 0.6) is 0 Å². The van der Waals surface area contributed by atoms with Crippen molar-refractivity contribution in [2.45, 2.75) is 20.0 Å². The first-order valence-corrected chi connectivity index (χ1v) is 6.56. The first-order chi connectivity index (χ1) is 10.1. The minimum atomic E-state index is -0.635. The number of rotatable bonds is 6. The Morgan fingerprint density at radius 3 is 2.86 bits per heavy atom. The molecule has 0 radical (unpaired) electrons. The summed E-state index contributed by atoms with van der Waals surface area (Å²) in [5.41, 5.74) is 0.986. The zero-order valence-electron chi connectivity index (χ0n) is 11.9. The van der Waals surface area contributed by atoms with E-state index in [0.29, 0.717) is 23.7 Å². The fourth-order valence-corrected chi connectivity index (χ4v) is 1.76. The Morgan fingerprint density at radius 2 is 2.19 bits per heavy atom. The van der Waals surface area contributed by atoms with Crippen molar-refractivity contribution < 1.29 is 19.1 Å². The number of aliphatic hydroxyl groups excluding tert-OH is 1. The largest absolute Gasteiger partial charge is 0.449 e. The molecule has 0 amide bonds. The Labute approximate surface area is 121 Å². The summed E-state index contributed by atoms with van der Waals surface area (Å²) >= 11 is 0. The van der Waals surface area contributed by atoms with Gasteiger partial charge >= 0.3 is 5.97 Å². The van der Waals surface area contributed by atoms with Gasteiger partial charge in [-0.15, -0.1) is 10.2 Å². The topological polar surface area (TPSA) is 97.5 Å². The molecule has 1 unspecified atom stereocenters. The van der Waals surface area contributed by atoms with Crippen LogP contribution in [0.2, 0.25) is 0 Å². The average Bonchev–Trinajstić information content (AvgIpc) is 2.92. The molecular weight excluding hydrogens is 274 g/mol. The number of nitrogens with one attached hydrogen (secondary N) is 1. The van der Waals surface area contributed by atoms with Gasteiger partial charge in [-0.1, -0.05) is 12.1 Å². The molecule has 1 atom stereocenters. The summed E-state index contributed by atoms with van der Waals surface area (Å²) in [6.45, 7) is 3.65. The molecule has 1 aromatic carbocycles. The van der Waals surface area contributed by atoms with Crippen LogP contribution in [0.1, 0.15) is 35.2 Å². The molecule has 0 saturated heterocycles. The number of esters is 1. The Kier molecular flexibility index (Phi) is 4.89. The van der Waals surface area contributed by atoms with Crippen LogP contribution in [0.4, 0.5) is 5.69 Å². The van der Waals surface area contributed by atoms with E-state index in [-0.39, 0.29) is 12.5 Å². The van der Waals surface area contributed by atoms with Crippen molar-refractivity contribution in [2.75, 3.05) is 18.5 Å². The molecule has 7 nitrogen and oxygen atoms in total. The molecule has 1 heterocycles. The maximum Gasteiger partial charge on any atom is 0.341 e. The van der Waals surface area contributed by atoms with Crippen molar-refractivity contribution in [3.8, 4) is 0 Å². The second-order valence-corrected chi connectivity index (χ2v) is 4.40. The van der Waals surface area contributed by atoms with Crippen LogP contribution in [0.25, 0.3) is 0 Å². The fraction of sp³-hybridized carbons (Fsp3) is 0.357. The van der Waals surface area contributed by atoms with Gasteiger partial charge in [0.2, 0.25) is 5.89 Å². The smallest absolute Gasteiger partial charge is 0.341 e. The van der Waals surface area contributed by atoms with Gasteiger partial charge in [0.05, 0.1) is 12.2 Å². The molecule has 0 fully saturated rings. The number of anilines is 1. The molecule has 2 rings (SSSR count). The number of aliphatic hydroxyl groups is 1. The summed E-state index contributed by atoms with van der Waals surface area (Å²) in [6, 6.07) is 6.92. The van der Waals surface area contributed by atoms with Crippen LogP contribution in [0.15, 0.2) is 28.7 Å². The van der Waals surface area contributed by atoms with Gasteiger partial charge in [-0.2, -0.15) is 0 Å². The molecule has 0 aliphatic heterocycles. The van der Waals surface area contributed by atoms with Gasteiger partial charge in [-0.05, 0) is 19.1 Å². The molecule has 0 aliphatic rings. The number of aromatic nitrogens is 2. The first kappa shape index (κ1) is 15.0. The third kappa shape index (κ3) is 3.79. The quantitative estimate of drug-likeness (QED) is 0.782. The summed E-state index contributed by atoms with van der Waals surface area (Å²) in [5.74, 6) is 0.166. The lowest BCUT2D eigenvalue weighted by molar-refractivity contribution is 0.0278. The van der Waals surface area contributed by atoms with E-state index in [4.69, 9.17) is 14.3 Å². The number of hydrogen-bond donors (Lipinski definition) is 2. The van der Waals surface area contributed by atoms with E-state index in [9.17, 15) is 4.79 Å². The number of nitrogens with zero attached hydrogens (tertiary/aromatic N) is 2. The van der Waals surface area contributed by atoms with Crippen molar-refractivity contribution in [3.63, 3.8) is 0 Å². The molecule has 21 heavy (non-hydrogen) atoms. The number of carbonyl (C=O) groups is 1. The van der Waals surface area contributed by atoms with Gasteiger partial charge in [-0.25, -0.2) is 4.79 Å². The highest BCUT2D eigenvalue weighted by molar-refractivity contribution is 5.95. The van der Waals surface area contributed by atoms with Crippen LogP contribution in [0.3, 0.4) is 0 Å². The van der Waals surface area contributed by atoms with Gasteiger partial charge in [0, 0.05) is 19.2 Å². The normalized spacial score (nSPS) is 12.0. The van der Waals surface area contributed by atoms with Gasteiger partial charge in [0.1, 0.15) is 0 Å². The first-order valence-electron chi connectivity index (χ1n) is 6.56. The van der Waals surface area contributed by atoms with Crippen molar-refractivity contribution in [3.05, 3.63) is 41.6 Å². The van der Waals surface area contributed by atoms with E-state index in [1.165, 1.54) is 0 Å². The van der Waals surface area contributed by atoms with E-state index in [1.807, 2.05) is 0 Å². The predicted octanol–water partition coefficient (Wildman–Crippen LogP) is 1.70. The molecule has 2 aromatic rings. The summed E-state index contributed by atoms with van der Waals surface area (Å²) in [4.78, 5) is 12.2. The van der Waals surface area contributed by atoms with E-state index >= 15 is 0 Å². The molecule has 112 valence electrons. The number of ether oxygens (including phenoxy) is 1. The van der Waals surface area contributed by atoms with Crippen molar-refractivity contribution in [1.29, 1.82) is 0 Å². The molecule has 2 N–H and O–H groups in total. The molecule has 7 heteroatoms. The van der Waals surface area contributed by atoms with Gasteiger partial charge in [0.25, 0.3) is 5.89 Å². The Morgan fingerprint density at radius 1 is 1.43 bits per heavy atom. The van der Waals surface area contributed by atoms with E-state index in [0.717, 1.165) is 0 Å². The molecule has 0 saturated carbocycles. The monoisotopic (exact) mass is 291 g/mol. The average molecular weight is 291 g/mol. The molecule has 0 bridgehead atoms. The lowest BCUT2D eigenvalue weighted by Crippen LogP contribution is -2.14. The highest BCUT2D eigenvalue weighted by Gasteiger charge is 2.20. The zero-order chi connectivity index (χ0) is 15.2. The Balaban J connectivity index is 2.09. The van der Waals surface area contributed by atoms with Crippen molar-refractivity contribution in [2.24, 2.45) is 0 Å². The summed E-state index contributed by atoms with van der Waals surface area (Å²) in [6.07, 6.45) is -0.635. The van der Waals surface area contributed by atoms with E-state index in [2.05, 4.69) is 15.5 Å². The SMILES string of the molecule is Cc1nnc(C(C)OC(=O)c2ccccc2NCCO)o1. The minimum Gasteiger partial charge on any atom is -0.449 e. The molecule has 0 spiro atoms. The summed E-state index contributed by atoms with van der Waals surface area (Å²) < 4.78 is 10.5. The number of hydrogen-bond acceptors (Lipinski definition) is 7. The van der Waals surface area contributed by atoms with Crippen LogP contribution >= 0.6 is 0 Å². The molecular formula is C14H17N3O4. The maximum absolute atomic E-state index is 12.2. The van der Waals surface area contributed by atoms with Crippen LogP contribution in [-0.4, -0.2) is 34.4 Å². The standard InChI is InChI=1S/C14H17N3O4/c1-9(13-17-16-10(2)21-13)20-14(19)11-5-3-4-6-12(11)15-7-8-18/h3-6,9,15,18H,7-8H2,1-2H3. The van der Waals surface area contributed by atoms with Gasteiger partial charge in [-0.3, -0.25) is 0 Å². The molecule has 1 aromatic heterocycles. The lowest BCUT2D eigenvalue weighted by atomic mass is 10.2. The third-order valence-electron chi connectivity index (χ3n) is 2.75. The second-order valence-electron chi connectivity index (χ2n) is 4.40.